The molecule has 0 aliphatic heterocycles. The highest BCUT2D eigenvalue weighted by Gasteiger charge is 2.19. The van der Waals surface area contributed by atoms with Gasteiger partial charge in [-0.25, -0.2) is 22.0 Å². The Hall–Kier alpha value is -1.42. The van der Waals surface area contributed by atoms with E-state index in [4.69, 9.17) is 5.14 Å². The lowest BCUT2D eigenvalue weighted by molar-refractivity contribution is 0.596. The minimum absolute atomic E-state index is 0.108. The average molecular weight is 332 g/mol. The van der Waals surface area contributed by atoms with Crippen molar-refractivity contribution in [1.29, 1.82) is 0 Å². The summed E-state index contributed by atoms with van der Waals surface area (Å²) in [5.74, 6) is 0. The third kappa shape index (κ3) is 3.01. The van der Waals surface area contributed by atoms with Crippen LogP contribution in [-0.4, -0.2) is 16.8 Å². The van der Waals surface area contributed by atoms with Crippen LogP contribution in [0.15, 0.2) is 44.8 Å². The molecule has 0 saturated heterocycles. The van der Waals surface area contributed by atoms with Gasteiger partial charge in [-0.15, -0.1) is 11.3 Å². The van der Waals surface area contributed by atoms with Gasteiger partial charge in [0.1, 0.15) is 4.21 Å². The molecule has 6 nitrogen and oxygen atoms in total. The quantitative estimate of drug-likeness (QED) is 0.885. The number of rotatable bonds is 4. The van der Waals surface area contributed by atoms with Gasteiger partial charge in [-0.05, 0) is 36.1 Å². The van der Waals surface area contributed by atoms with Crippen LogP contribution >= 0.6 is 11.3 Å². The van der Waals surface area contributed by atoms with Crippen molar-refractivity contribution in [3.8, 4) is 0 Å². The molecule has 0 atom stereocenters. The van der Waals surface area contributed by atoms with Crippen molar-refractivity contribution in [2.45, 2.75) is 16.0 Å². The van der Waals surface area contributed by atoms with Crippen LogP contribution in [0.5, 0.6) is 0 Å². The monoisotopic (exact) mass is 332 g/mol. The van der Waals surface area contributed by atoms with E-state index in [1.54, 1.807) is 11.4 Å². The van der Waals surface area contributed by atoms with Gasteiger partial charge >= 0.3 is 0 Å². The summed E-state index contributed by atoms with van der Waals surface area (Å²) in [4.78, 5) is -0.108. The number of sulfonamides is 2. The van der Waals surface area contributed by atoms with Crippen molar-refractivity contribution >= 4 is 37.1 Å². The molecule has 0 amide bonds. The zero-order chi connectivity index (χ0) is 15.0. The molecule has 2 rings (SSSR count). The summed E-state index contributed by atoms with van der Waals surface area (Å²) < 4.78 is 49.5. The van der Waals surface area contributed by atoms with Gasteiger partial charge in [-0.3, -0.25) is 4.72 Å². The molecule has 108 valence electrons. The molecule has 1 heterocycles. The number of hydrogen-bond donors (Lipinski definition) is 2. The van der Waals surface area contributed by atoms with Crippen molar-refractivity contribution in [3.63, 3.8) is 0 Å². The van der Waals surface area contributed by atoms with Gasteiger partial charge in [-0.1, -0.05) is 12.1 Å². The molecule has 0 saturated carbocycles. The molecule has 0 spiro atoms. The van der Waals surface area contributed by atoms with E-state index in [9.17, 15) is 16.8 Å². The van der Waals surface area contributed by atoms with E-state index in [0.717, 1.165) is 11.3 Å². The summed E-state index contributed by atoms with van der Waals surface area (Å²) in [5, 5.41) is 6.72. The summed E-state index contributed by atoms with van der Waals surface area (Å²) in [6.07, 6.45) is 0. The van der Waals surface area contributed by atoms with E-state index in [0.29, 0.717) is 0 Å². The molecule has 0 bridgehead atoms. The number of nitrogens with two attached hydrogens (primary N) is 1. The molecule has 2 aromatic rings. The number of primary sulfonamides is 1. The molecule has 0 aliphatic carbocycles. The second-order valence-electron chi connectivity index (χ2n) is 4.01. The first kappa shape index (κ1) is 15.0. The molecule has 9 heteroatoms. The topological polar surface area (TPSA) is 106 Å². The van der Waals surface area contributed by atoms with Crippen molar-refractivity contribution in [1.82, 2.24) is 0 Å². The maximum absolute atomic E-state index is 12.1. The smallest absolute Gasteiger partial charge is 0.271 e. The highest BCUT2D eigenvalue weighted by atomic mass is 32.2. The Labute approximate surface area is 121 Å². The van der Waals surface area contributed by atoms with E-state index in [1.807, 2.05) is 0 Å². The standard InChI is InChI=1S/C11H12N2O4S3/c1-8-9(4-2-5-10(8)19(12,14)15)13-20(16,17)11-6-3-7-18-11/h2-7,13H,1H3,(H2,12,14,15). The highest BCUT2D eigenvalue weighted by Crippen LogP contribution is 2.26. The summed E-state index contributed by atoms with van der Waals surface area (Å²) >= 11 is 1.07. The fourth-order valence-electron chi connectivity index (χ4n) is 1.64. The zero-order valence-corrected chi connectivity index (χ0v) is 12.8. The summed E-state index contributed by atoms with van der Waals surface area (Å²) in [6, 6.07) is 7.32. The predicted molar refractivity (Wildman–Crippen MR) is 77.7 cm³/mol. The molecule has 20 heavy (non-hydrogen) atoms. The Kier molecular flexibility index (Phi) is 3.87. The number of nitrogens with one attached hydrogen (secondary N) is 1. The van der Waals surface area contributed by atoms with Gasteiger partial charge in [0.2, 0.25) is 10.0 Å². The second-order valence-corrected chi connectivity index (χ2v) is 8.40. The first-order valence-electron chi connectivity index (χ1n) is 5.40. The Morgan fingerprint density at radius 2 is 1.80 bits per heavy atom. The first-order chi connectivity index (χ1) is 9.22. The maximum Gasteiger partial charge on any atom is 0.271 e. The molecule has 0 aliphatic rings. The fraction of sp³-hybridized carbons (Fsp3) is 0.0909. The van der Waals surface area contributed by atoms with Gasteiger partial charge in [0.25, 0.3) is 10.0 Å². The Morgan fingerprint density at radius 1 is 1.10 bits per heavy atom. The third-order valence-electron chi connectivity index (χ3n) is 2.59. The Morgan fingerprint density at radius 3 is 2.35 bits per heavy atom. The largest absolute Gasteiger partial charge is 0.279 e. The van der Waals surface area contributed by atoms with E-state index in [2.05, 4.69) is 4.72 Å². The van der Waals surface area contributed by atoms with Crippen LogP contribution in [0.2, 0.25) is 0 Å². The lowest BCUT2D eigenvalue weighted by Gasteiger charge is -2.11. The van der Waals surface area contributed by atoms with Gasteiger partial charge in [0, 0.05) is 0 Å². The van der Waals surface area contributed by atoms with Gasteiger partial charge in [-0.2, -0.15) is 0 Å². The number of hydrogen-bond acceptors (Lipinski definition) is 5. The Balaban J connectivity index is 2.46. The molecule has 1 aromatic carbocycles. The number of thiophene rings is 1. The molecular weight excluding hydrogens is 320 g/mol. The van der Waals surface area contributed by atoms with E-state index >= 15 is 0 Å². The molecule has 1 aromatic heterocycles. The minimum atomic E-state index is -3.90. The molecule has 0 fully saturated rings. The molecule has 0 radical (unpaired) electrons. The summed E-state index contributed by atoms with van der Waals surface area (Å²) in [5.41, 5.74) is 0.444. The van der Waals surface area contributed by atoms with Crippen molar-refractivity contribution in [2.24, 2.45) is 5.14 Å². The maximum atomic E-state index is 12.1. The van der Waals surface area contributed by atoms with Gasteiger partial charge in [0.05, 0.1) is 10.6 Å². The van der Waals surface area contributed by atoms with Gasteiger partial charge < -0.3 is 0 Å². The first-order valence-corrected chi connectivity index (χ1v) is 9.31. The summed E-state index contributed by atoms with van der Waals surface area (Å²) in [6.45, 7) is 1.49. The number of benzene rings is 1. The lowest BCUT2D eigenvalue weighted by Crippen LogP contribution is -2.17. The molecule has 3 N–H and O–H groups in total. The highest BCUT2D eigenvalue weighted by molar-refractivity contribution is 7.94. The van der Waals surface area contributed by atoms with Crippen molar-refractivity contribution < 1.29 is 16.8 Å². The average Bonchev–Trinajstić information content (AvgIpc) is 2.84. The van der Waals surface area contributed by atoms with Crippen LogP contribution < -0.4 is 9.86 Å². The second kappa shape index (κ2) is 5.17. The van der Waals surface area contributed by atoms with Crippen LogP contribution in [0.1, 0.15) is 5.56 Å². The van der Waals surface area contributed by atoms with Crippen LogP contribution in [0.3, 0.4) is 0 Å². The molecular formula is C11H12N2O4S3. The van der Waals surface area contributed by atoms with Crippen LogP contribution in [0, 0.1) is 6.92 Å². The number of anilines is 1. The van der Waals surface area contributed by atoms with E-state index in [1.165, 1.54) is 31.2 Å². The SMILES string of the molecule is Cc1c(NS(=O)(=O)c2cccs2)cccc1S(N)(=O)=O. The fourth-order valence-corrected chi connectivity index (χ4v) is 4.57. The van der Waals surface area contributed by atoms with Crippen LogP contribution in [0.25, 0.3) is 0 Å². The van der Waals surface area contributed by atoms with E-state index < -0.39 is 20.0 Å². The van der Waals surface area contributed by atoms with Crippen LogP contribution in [-0.2, 0) is 20.0 Å². The normalized spacial score (nSPS) is 12.3. The van der Waals surface area contributed by atoms with Crippen LogP contribution in [0.4, 0.5) is 5.69 Å². The minimum Gasteiger partial charge on any atom is -0.279 e. The van der Waals surface area contributed by atoms with Crippen molar-refractivity contribution in [3.05, 3.63) is 41.3 Å². The molecule has 0 unspecified atom stereocenters. The van der Waals surface area contributed by atoms with Gasteiger partial charge in [0.15, 0.2) is 0 Å². The lowest BCUT2D eigenvalue weighted by atomic mass is 10.2. The van der Waals surface area contributed by atoms with Crippen molar-refractivity contribution in [2.75, 3.05) is 4.72 Å². The third-order valence-corrected chi connectivity index (χ3v) is 6.41. The predicted octanol–water partition coefficient (Wildman–Crippen LogP) is 1.50. The van der Waals surface area contributed by atoms with E-state index in [-0.39, 0.29) is 20.4 Å². The summed E-state index contributed by atoms with van der Waals surface area (Å²) in [7, 11) is -7.62. The zero-order valence-electron chi connectivity index (χ0n) is 10.4. The Bertz CT molecular complexity index is 825.